The topological polar surface area (TPSA) is 67.2 Å². The normalized spacial score (nSPS) is 12.2. The fourth-order valence-electron chi connectivity index (χ4n) is 0.839. The SMILES string of the molecule is NNC(S)NC(=O)c1ccccc1. The molecule has 0 radical (unpaired) electrons. The van der Waals surface area contributed by atoms with Crippen molar-refractivity contribution in [3.63, 3.8) is 0 Å². The number of amides is 1. The molecule has 1 atom stereocenters. The number of thiol groups is 1. The van der Waals surface area contributed by atoms with Gasteiger partial charge in [-0.1, -0.05) is 18.2 Å². The number of carbonyl (C=O) groups is 1. The first-order valence-corrected chi connectivity index (χ1v) is 4.26. The Morgan fingerprint density at radius 2 is 2.00 bits per heavy atom. The highest BCUT2D eigenvalue weighted by atomic mass is 32.1. The van der Waals surface area contributed by atoms with E-state index >= 15 is 0 Å². The van der Waals surface area contributed by atoms with Crippen molar-refractivity contribution in [2.24, 2.45) is 5.84 Å². The molecule has 4 N–H and O–H groups in total. The maximum atomic E-state index is 11.4. The smallest absolute Gasteiger partial charge is 0.253 e. The van der Waals surface area contributed by atoms with Gasteiger partial charge in [-0.05, 0) is 12.1 Å². The highest BCUT2D eigenvalue weighted by Gasteiger charge is 2.06. The average molecular weight is 197 g/mol. The molecular formula is C8H11N3OS. The zero-order valence-corrected chi connectivity index (χ0v) is 7.79. The highest BCUT2D eigenvalue weighted by Crippen LogP contribution is 1.98. The molecule has 1 amide bonds. The van der Waals surface area contributed by atoms with Crippen LogP contribution in [0, 0.1) is 0 Å². The van der Waals surface area contributed by atoms with Crippen LogP contribution in [-0.2, 0) is 0 Å². The summed E-state index contributed by atoms with van der Waals surface area (Å²) in [6.45, 7) is 0. The summed E-state index contributed by atoms with van der Waals surface area (Å²) in [5.41, 5.74) is 2.34. The molecule has 5 heteroatoms. The summed E-state index contributed by atoms with van der Waals surface area (Å²) in [7, 11) is 0. The number of hydrogen-bond acceptors (Lipinski definition) is 4. The number of nitrogens with two attached hydrogens (primary N) is 1. The van der Waals surface area contributed by atoms with Gasteiger partial charge in [-0.3, -0.25) is 10.6 Å². The van der Waals surface area contributed by atoms with Gasteiger partial charge in [-0.15, -0.1) is 12.6 Å². The Morgan fingerprint density at radius 1 is 1.38 bits per heavy atom. The van der Waals surface area contributed by atoms with Gasteiger partial charge in [0.2, 0.25) is 0 Å². The van der Waals surface area contributed by atoms with Crippen LogP contribution < -0.4 is 16.6 Å². The third-order valence-corrected chi connectivity index (χ3v) is 1.74. The van der Waals surface area contributed by atoms with E-state index in [4.69, 9.17) is 5.84 Å². The Kier molecular flexibility index (Phi) is 3.75. The maximum Gasteiger partial charge on any atom is 0.253 e. The van der Waals surface area contributed by atoms with Crippen LogP contribution in [0.2, 0.25) is 0 Å². The summed E-state index contributed by atoms with van der Waals surface area (Å²) in [6.07, 6.45) is 0. The quantitative estimate of drug-likeness (QED) is 0.240. The number of nitrogens with one attached hydrogen (secondary N) is 2. The largest absolute Gasteiger partial charge is 0.327 e. The zero-order chi connectivity index (χ0) is 9.68. The standard InChI is InChI=1S/C8H11N3OS/c9-11-8(13)10-7(12)6-4-2-1-3-5-6/h1-5,8,11,13H,9H2,(H,10,12). The second-order valence-electron chi connectivity index (χ2n) is 2.41. The number of hydrazine groups is 1. The first-order chi connectivity index (χ1) is 6.24. The van der Waals surface area contributed by atoms with Gasteiger partial charge in [0.1, 0.15) is 5.50 Å². The lowest BCUT2D eigenvalue weighted by Gasteiger charge is -2.10. The molecule has 1 unspecified atom stereocenters. The molecule has 0 fully saturated rings. The first kappa shape index (κ1) is 10.0. The van der Waals surface area contributed by atoms with E-state index in [2.05, 4.69) is 23.4 Å². The van der Waals surface area contributed by atoms with E-state index < -0.39 is 5.50 Å². The molecule has 1 aromatic rings. The van der Waals surface area contributed by atoms with Crippen LogP contribution in [0.4, 0.5) is 0 Å². The molecule has 0 bridgehead atoms. The van der Waals surface area contributed by atoms with Gasteiger partial charge in [0.15, 0.2) is 0 Å². The summed E-state index contributed by atoms with van der Waals surface area (Å²) >= 11 is 3.95. The molecule has 13 heavy (non-hydrogen) atoms. The van der Waals surface area contributed by atoms with E-state index in [1.807, 2.05) is 6.07 Å². The maximum absolute atomic E-state index is 11.4. The summed E-state index contributed by atoms with van der Waals surface area (Å²) in [5, 5.41) is 2.53. The third kappa shape index (κ3) is 3.06. The van der Waals surface area contributed by atoms with Crippen molar-refractivity contribution in [1.29, 1.82) is 0 Å². The van der Waals surface area contributed by atoms with Gasteiger partial charge in [-0.25, -0.2) is 5.43 Å². The number of benzene rings is 1. The third-order valence-electron chi connectivity index (χ3n) is 1.46. The molecule has 0 aromatic heterocycles. The number of hydrogen-bond donors (Lipinski definition) is 4. The average Bonchev–Trinajstić information content (AvgIpc) is 2.19. The van der Waals surface area contributed by atoms with Crippen molar-refractivity contribution in [1.82, 2.24) is 10.7 Å². The fourth-order valence-corrected chi connectivity index (χ4v) is 0.956. The van der Waals surface area contributed by atoms with E-state index in [0.717, 1.165) is 0 Å². The van der Waals surface area contributed by atoms with Crippen LogP contribution >= 0.6 is 12.6 Å². The van der Waals surface area contributed by atoms with Gasteiger partial charge in [0.05, 0.1) is 0 Å². The van der Waals surface area contributed by atoms with Crippen LogP contribution in [-0.4, -0.2) is 11.4 Å². The minimum atomic E-state index is -0.535. The Labute approximate surface area is 81.9 Å². The molecule has 0 spiro atoms. The van der Waals surface area contributed by atoms with Gasteiger partial charge in [0, 0.05) is 5.56 Å². The Balaban J connectivity index is 2.59. The predicted molar refractivity (Wildman–Crippen MR) is 54.0 cm³/mol. The number of carbonyl (C=O) groups excluding carboxylic acids is 1. The molecule has 4 nitrogen and oxygen atoms in total. The lowest BCUT2D eigenvalue weighted by Crippen LogP contribution is -2.44. The summed E-state index contributed by atoms with van der Waals surface area (Å²) in [6, 6.07) is 8.85. The van der Waals surface area contributed by atoms with Gasteiger partial charge in [-0.2, -0.15) is 0 Å². The Bertz CT molecular complexity index is 278. The molecule has 0 aliphatic heterocycles. The van der Waals surface area contributed by atoms with Crippen molar-refractivity contribution in [2.45, 2.75) is 5.50 Å². The monoisotopic (exact) mass is 197 g/mol. The fraction of sp³-hybridized carbons (Fsp3) is 0.125. The predicted octanol–water partition coefficient (Wildman–Crippen LogP) is 0.0931. The van der Waals surface area contributed by atoms with Crippen LogP contribution in [0.3, 0.4) is 0 Å². The van der Waals surface area contributed by atoms with Gasteiger partial charge < -0.3 is 5.32 Å². The summed E-state index contributed by atoms with van der Waals surface area (Å²) in [4.78, 5) is 11.4. The summed E-state index contributed by atoms with van der Waals surface area (Å²) in [5.74, 6) is 4.85. The second-order valence-corrected chi connectivity index (χ2v) is 2.93. The molecule has 70 valence electrons. The van der Waals surface area contributed by atoms with Crippen LogP contribution in [0.15, 0.2) is 30.3 Å². The first-order valence-electron chi connectivity index (χ1n) is 3.74. The lowest BCUT2D eigenvalue weighted by atomic mass is 10.2. The van der Waals surface area contributed by atoms with Crippen molar-refractivity contribution >= 4 is 18.5 Å². The highest BCUT2D eigenvalue weighted by molar-refractivity contribution is 7.80. The molecule has 0 heterocycles. The minimum absolute atomic E-state index is 0.210. The second kappa shape index (κ2) is 4.86. The van der Waals surface area contributed by atoms with Crippen LogP contribution in [0.5, 0.6) is 0 Å². The van der Waals surface area contributed by atoms with Crippen molar-refractivity contribution in [3.8, 4) is 0 Å². The Hall–Kier alpha value is -1.04. The molecule has 0 aliphatic rings. The van der Waals surface area contributed by atoms with Gasteiger partial charge >= 0.3 is 0 Å². The molecule has 0 aliphatic carbocycles. The van der Waals surface area contributed by atoms with E-state index in [9.17, 15) is 4.79 Å². The minimum Gasteiger partial charge on any atom is -0.327 e. The van der Waals surface area contributed by atoms with Crippen molar-refractivity contribution in [3.05, 3.63) is 35.9 Å². The molecule has 1 rings (SSSR count). The Morgan fingerprint density at radius 3 is 2.54 bits per heavy atom. The van der Waals surface area contributed by atoms with Crippen molar-refractivity contribution in [2.75, 3.05) is 0 Å². The van der Waals surface area contributed by atoms with E-state index in [0.29, 0.717) is 5.56 Å². The van der Waals surface area contributed by atoms with E-state index in [-0.39, 0.29) is 5.91 Å². The zero-order valence-electron chi connectivity index (χ0n) is 6.90. The molecular weight excluding hydrogens is 186 g/mol. The summed E-state index contributed by atoms with van der Waals surface area (Å²) < 4.78 is 0. The van der Waals surface area contributed by atoms with Crippen LogP contribution in [0.1, 0.15) is 10.4 Å². The molecule has 1 aromatic carbocycles. The molecule has 0 saturated heterocycles. The van der Waals surface area contributed by atoms with Crippen molar-refractivity contribution < 1.29 is 4.79 Å². The molecule has 0 saturated carbocycles. The van der Waals surface area contributed by atoms with E-state index in [1.54, 1.807) is 24.3 Å². The van der Waals surface area contributed by atoms with Gasteiger partial charge in [0.25, 0.3) is 5.91 Å². The lowest BCUT2D eigenvalue weighted by molar-refractivity contribution is 0.0945. The van der Waals surface area contributed by atoms with Crippen LogP contribution in [0.25, 0.3) is 0 Å². The van der Waals surface area contributed by atoms with E-state index in [1.165, 1.54) is 0 Å². The number of rotatable bonds is 3.